The van der Waals surface area contributed by atoms with E-state index in [4.69, 9.17) is 4.74 Å². The lowest BCUT2D eigenvalue weighted by Gasteiger charge is -2.21. The van der Waals surface area contributed by atoms with Crippen LogP contribution in [0.2, 0.25) is 0 Å². The van der Waals surface area contributed by atoms with Gasteiger partial charge in [-0.25, -0.2) is 0 Å². The third-order valence-corrected chi connectivity index (χ3v) is 2.22. The summed E-state index contributed by atoms with van der Waals surface area (Å²) >= 11 is 0. The van der Waals surface area contributed by atoms with Crippen molar-refractivity contribution in [1.82, 2.24) is 0 Å². The molecule has 0 saturated heterocycles. The van der Waals surface area contributed by atoms with Crippen molar-refractivity contribution in [1.29, 1.82) is 0 Å². The molecule has 14 heavy (non-hydrogen) atoms. The summed E-state index contributed by atoms with van der Waals surface area (Å²) < 4.78 is 5.18. The van der Waals surface area contributed by atoms with E-state index in [0.717, 1.165) is 0 Å². The zero-order chi connectivity index (χ0) is 10.1. The van der Waals surface area contributed by atoms with Gasteiger partial charge >= 0.3 is 5.69 Å². The van der Waals surface area contributed by atoms with E-state index in [-0.39, 0.29) is 11.4 Å². The predicted octanol–water partition coefficient (Wildman–Crippen LogP) is 1.41. The van der Waals surface area contributed by atoms with Crippen LogP contribution in [-0.4, -0.2) is 16.6 Å². The van der Waals surface area contributed by atoms with Crippen molar-refractivity contribution < 1.29 is 14.8 Å². The molecule has 0 fully saturated rings. The Morgan fingerprint density at radius 3 is 3.07 bits per heavy atom. The van der Waals surface area contributed by atoms with Crippen LogP contribution >= 0.6 is 0 Å². The number of ether oxygens (including phenoxy) is 1. The maximum Gasteiger partial charge on any atom is 0.311 e. The Morgan fingerprint density at radius 2 is 2.36 bits per heavy atom. The third kappa shape index (κ3) is 1.31. The summed E-state index contributed by atoms with van der Waals surface area (Å²) in [5, 5.41) is 20.2. The second-order valence-corrected chi connectivity index (χ2v) is 3.11. The van der Waals surface area contributed by atoms with Crippen LogP contribution in [0.5, 0.6) is 5.75 Å². The molecule has 0 aliphatic carbocycles. The summed E-state index contributed by atoms with van der Waals surface area (Å²) in [4.78, 5) is 10.1. The van der Waals surface area contributed by atoms with Gasteiger partial charge in [-0.15, -0.1) is 0 Å². The summed E-state index contributed by atoms with van der Waals surface area (Å²) in [5.41, 5.74) is 0.423. The average molecular weight is 195 g/mol. The highest BCUT2D eigenvalue weighted by Crippen LogP contribution is 2.38. The Hall–Kier alpha value is -1.62. The number of nitro groups is 1. The van der Waals surface area contributed by atoms with E-state index >= 15 is 0 Å². The highest BCUT2D eigenvalue weighted by molar-refractivity contribution is 5.53. The van der Waals surface area contributed by atoms with Crippen LogP contribution in [0.4, 0.5) is 5.69 Å². The van der Waals surface area contributed by atoms with Crippen molar-refractivity contribution in [3.8, 4) is 5.75 Å². The van der Waals surface area contributed by atoms with Gasteiger partial charge in [0.25, 0.3) is 0 Å². The maximum atomic E-state index is 10.6. The number of benzene rings is 1. The van der Waals surface area contributed by atoms with E-state index in [9.17, 15) is 15.2 Å². The molecule has 74 valence electrons. The lowest BCUT2D eigenvalue weighted by Crippen LogP contribution is -2.14. The number of aliphatic hydroxyl groups excluding tert-OH is 1. The summed E-state index contributed by atoms with van der Waals surface area (Å²) in [6.45, 7) is 0.318. The van der Waals surface area contributed by atoms with Gasteiger partial charge in [0.05, 0.1) is 17.6 Å². The summed E-state index contributed by atoms with van der Waals surface area (Å²) in [6.07, 6.45) is -0.174. The molecule has 5 nitrogen and oxygen atoms in total. The number of nitrogens with zero attached hydrogens (tertiary/aromatic N) is 1. The van der Waals surface area contributed by atoms with Crippen LogP contribution in [0.3, 0.4) is 0 Å². The first-order chi connectivity index (χ1) is 6.70. The normalized spacial score (nSPS) is 19.6. The van der Waals surface area contributed by atoms with E-state index in [2.05, 4.69) is 0 Å². The molecule has 1 heterocycles. The summed E-state index contributed by atoms with van der Waals surface area (Å²) in [6, 6.07) is 4.57. The molecule has 2 rings (SSSR count). The molecular formula is C9H9NO4. The first kappa shape index (κ1) is 8.96. The van der Waals surface area contributed by atoms with Gasteiger partial charge in [0, 0.05) is 18.1 Å². The lowest BCUT2D eigenvalue weighted by atomic mass is 10.0. The second-order valence-electron chi connectivity index (χ2n) is 3.11. The molecule has 1 unspecified atom stereocenters. The van der Waals surface area contributed by atoms with Crippen LogP contribution in [0.15, 0.2) is 18.2 Å². The molecule has 0 aromatic heterocycles. The number of aliphatic hydroxyl groups is 1. The van der Waals surface area contributed by atoms with Gasteiger partial charge in [0.2, 0.25) is 5.75 Å². The number of rotatable bonds is 1. The molecule has 0 spiro atoms. The van der Waals surface area contributed by atoms with Crippen LogP contribution in [0.1, 0.15) is 18.1 Å². The van der Waals surface area contributed by atoms with Gasteiger partial charge in [-0.05, 0) is 0 Å². The zero-order valence-corrected chi connectivity index (χ0v) is 7.34. The van der Waals surface area contributed by atoms with E-state index in [1.165, 1.54) is 6.07 Å². The smallest absolute Gasteiger partial charge is 0.311 e. The fourth-order valence-electron chi connectivity index (χ4n) is 1.53. The molecule has 0 bridgehead atoms. The third-order valence-electron chi connectivity index (χ3n) is 2.22. The highest BCUT2D eigenvalue weighted by Gasteiger charge is 2.26. The fraction of sp³-hybridized carbons (Fsp3) is 0.333. The zero-order valence-electron chi connectivity index (χ0n) is 7.34. The number of hydrogen-bond acceptors (Lipinski definition) is 4. The largest absolute Gasteiger partial charge is 0.486 e. The standard InChI is InChI=1S/C9H9NO4/c11-8-4-5-14-9-6(8)2-1-3-7(9)10(12)13/h1-3,8,11H,4-5H2. The molecule has 1 aromatic carbocycles. The minimum absolute atomic E-state index is 0.0822. The first-order valence-corrected chi connectivity index (χ1v) is 4.28. The SMILES string of the molecule is O=[N+]([O-])c1cccc2c1OCCC2O. The Morgan fingerprint density at radius 1 is 1.57 bits per heavy atom. The van der Waals surface area contributed by atoms with Crippen molar-refractivity contribution in [2.45, 2.75) is 12.5 Å². The predicted molar refractivity (Wildman–Crippen MR) is 48.2 cm³/mol. The summed E-state index contributed by atoms with van der Waals surface area (Å²) in [5.74, 6) is 0.205. The Balaban J connectivity index is 2.55. The van der Waals surface area contributed by atoms with Gasteiger partial charge in [-0.1, -0.05) is 12.1 Å². The Kier molecular flexibility index (Phi) is 2.09. The molecule has 1 aliphatic rings. The van der Waals surface area contributed by atoms with Crippen LogP contribution in [-0.2, 0) is 0 Å². The van der Waals surface area contributed by atoms with Gasteiger partial charge in [0.1, 0.15) is 0 Å². The van der Waals surface area contributed by atoms with Gasteiger partial charge in [-0.2, -0.15) is 0 Å². The van der Waals surface area contributed by atoms with Crippen molar-refractivity contribution >= 4 is 5.69 Å². The quantitative estimate of drug-likeness (QED) is 0.543. The number of fused-ring (bicyclic) bond motifs is 1. The van der Waals surface area contributed by atoms with E-state index < -0.39 is 11.0 Å². The number of hydrogen-bond donors (Lipinski definition) is 1. The Labute approximate surface area is 80.1 Å². The van der Waals surface area contributed by atoms with Crippen molar-refractivity contribution in [3.63, 3.8) is 0 Å². The molecule has 5 heteroatoms. The van der Waals surface area contributed by atoms with Gasteiger partial charge < -0.3 is 9.84 Å². The van der Waals surface area contributed by atoms with Gasteiger partial charge in [0.15, 0.2) is 0 Å². The number of nitro benzene ring substituents is 1. The van der Waals surface area contributed by atoms with Crippen molar-refractivity contribution in [2.24, 2.45) is 0 Å². The second kappa shape index (κ2) is 3.26. The van der Waals surface area contributed by atoms with E-state index in [1.54, 1.807) is 12.1 Å². The topological polar surface area (TPSA) is 72.6 Å². The van der Waals surface area contributed by atoms with Crippen LogP contribution < -0.4 is 4.74 Å². The minimum Gasteiger partial charge on any atom is -0.486 e. The van der Waals surface area contributed by atoms with Crippen LogP contribution in [0.25, 0.3) is 0 Å². The first-order valence-electron chi connectivity index (χ1n) is 4.28. The molecule has 0 saturated carbocycles. The van der Waals surface area contributed by atoms with E-state index in [1.807, 2.05) is 0 Å². The van der Waals surface area contributed by atoms with Crippen molar-refractivity contribution in [3.05, 3.63) is 33.9 Å². The monoisotopic (exact) mass is 195 g/mol. The van der Waals surface area contributed by atoms with Crippen LogP contribution in [0, 0.1) is 10.1 Å². The minimum atomic E-state index is -0.654. The molecule has 0 radical (unpaired) electrons. The van der Waals surface area contributed by atoms with Gasteiger partial charge in [-0.3, -0.25) is 10.1 Å². The highest BCUT2D eigenvalue weighted by atomic mass is 16.6. The molecule has 0 amide bonds. The molecule has 1 atom stereocenters. The number of para-hydroxylation sites is 1. The Bertz CT molecular complexity index is 377. The molecular weight excluding hydrogens is 186 g/mol. The maximum absolute atomic E-state index is 10.6. The lowest BCUT2D eigenvalue weighted by molar-refractivity contribution is -0.386. The fourth-order valence-corrected chi connectivity index (χ4v) is 1.53. The van der Waals surface area contributed by atoms with Crippen molar-refractivity contribution in [2.75, 3.05) is 6.61 Å². The molecule has 1 aromatic rings. The molecule has 1 N–H and O–H groups in total. The summed E-state index contributed by atoms with van der Waals surface area (Å²) in [7, 11) is 0. The van der Waals surface area contributed by atoms with E-state index in [0.29, 0.717) is 18.6 Å². The average Bonchev–Trinajstić information content (AvgIpc) is 2.17. The molecule has 1 aliphatic heterocycles.